The smallest absolute Gasteiger partial charge is 0.0428 e. The minimum atomic E-state index is 0.602. The lowest BCUT2D eigenvalue weighted by atomic mass is 9.92. The SMILES string of the molecule is CCC(CCNCN)CCC1=CCCC=C1. The fraction of sp³-hybridized carbons (Fsp3) is 0.714. The molecule has 0 aromatic carbocycles. The van der Waals surface area contributed by atoms with Gasteiger partial charge in [-0.05, 0) is 44.6 Å². The number of nitrogens with two attached hydrogens (primary N) is 1. The van der Waals surface area contributed by atoms with Gasteiger partial charge in [0.25, 0.3) is 0 Å². The zero-order chi connectivity index (χ0) is 11.6. The molecule has 1 aliphatic carbocycles. The van der Waals surface area contributed by atoms with Crippen LogP contribution in [-0.4, -0.2) is 13.2 Å². The second kappa shape index (κ2) is 8.54. The minimum absolute atomic E-state index is 0.602. The van der Waals surface area contributed by atoms with Crippen molar-refractivity contribution in [3.05, 3.63) is 23.8 Å². The Morgan fingerprint density at radius 3 is 2.88 bits per heavy atom. The third kappa shape index (κ3) is 5.47. The van der Waals surface area contributed by atoms with Crippen molar-refractivity contribution in [2.45, 2.75) is 45.4 Å². The van der Waals surface area contributed by atoms with E-state index >= 15 is 0 Å². The molecule has 1 atom stereocenters. The molecular weight excluding hydrogens is 196 g/mol. The van der Waals surface area contributed by atoms with Gasteiger partial charge in [-0.2, -0.15) is 0 Å². The van der Waals surface area contributed by atoms with E-state index in [4.69, 9.17) is 5.73 Å². The molecule has 0 fully saturated rings. The Labute approximate surface area is 100.0 Å². The molecule has 2 nitrogen and oxygen atoms in total. The molecule has 2 heteroatoms. The Balaban J connectivity index is 2.17. The van der Waals surface area contributed by atoms with E-state index in [1.165, 1.54) is 44.1 Å². The van der Waals surface area contributed by atoms with Gasteiger partial charge in [0, 0.05) is 6.67 Å². The number of rotatable bonds is 8. The van der Waals surface area contributed by atoms with Crippen LogP contribution < -0.4 is 11.1 Å². The molecule has 0 heterocycles. The van der Waals surface area contributed by atoms with Crippen molar-refractivity contribution in [3.63, 3.8) is 0 Å². The molecule has 1 aliphatic rings. The summed E-state index contributed by atoms with van der Waals surface area (Å²) in [6.07, 6.45) is 14.6. The molecule has 0 aromatic rings. The van der Waals surface area contributed by atoms with Crippen LogP contribution in [0.5, 0.6) is 0 Å². The molecule has 92 valence electrons. The average molecular weight is 222 g/mol. The summed E-state index contributed by atoms with van der Waals surface area (Å²) in [7, 11) is 0. The van der Waals surface area contributed by atoms with E-state index in [9.17, 15) is 0 Å². The summed E-state index contributed by atoms with van der Waals surface area (Å²) in [5, 5.41) is 3.20. The predicted octanol–water partition coefficient (Wildman–Crippen LogP) is 2.97. The third-order valence-corrected chi connectivity index (χ3v) is 3.36. The van der Waals surface area contributed by atoms with E-state index < -0.39 is 0 Å². The molecule has 3 N–H and O–H groups in total. The number of allylic oxidation sites excluding steroid dienone is 4. The van der Waals surface area contributed by atoms with Crippen LogP contribution in [0.4, 0.5) is 0 Å². The van der Waals surface area contributed by atoms with Gasteiger partial charge in [-0.1, -0.05) is 37.1 Å². The molecule has 0 saturated carbocycles. The Hall–Kier alpha value is -0.600. The Kier molecular flexibility index (Phi) is 7.19. The number of hydrogen-bond acceptors (Lipinski definition) is 2. The van der Waals surface area contributed by atoms with Crippen molar-refractivity contribution >= 4 is 0 Å². The number of hydrogen-bond donors (Lipinski definition) is 2. The average Bonchev–Trinajstić information content (AvgIpc) is 2.35. The molecule has 0 aromatic heterocycles. The van der Waals surface area contributed by atoms with Crippen molar-refractivity contribution in [3.8, 4) is 0 Å². The van der Waals surface area contributed by atoms with Crippen molar-refractivity contribution in [2.24, 2.45) is 11.7 Å². The van der Waals surface area contributed by atoms with Crippen LogP contribution >= 0.6 is 0 Å². The highest BCUT2D eigenvalue weighted by atomic mass is 14.9. The van der Waals surface area contributed by atoms with E-state index in [2.05, 4.69) is 30.5 Å². The molecule has 0 radical (unpaired) electrons. The van der Waals surface area contributed by atoms with Crippen LogP contribution in [0.25, 0.3) is 0 Å². The molecule has 0 spiro atoms. The molecule has 0 saturated heterocycles. The first kappa shape index (κ1) is 13.5. The molecule has 0 bridgehead atoms. The molecule has 1 rings (SSSR count). The van der Waals surface area contributed by atoms with Gasteiger partial charge >= 0.3 is 0 Å². The maximum atomic E-state index is 5.42. The van der Waals surface area contributed by atoms with Crippen LogP contribution in [-0.2, 0) is 0 Å². The minimum Gasteiger partial charge on any atom is -0.318 e. The zero-order valence-corrected chi connectivity index (χ0v) is 10.5. The second-order valence-corrected chi connectivity index (χ2v) is 4.56. The lowest BCUT2D eigenvalue weighted by Crippen LogP contribution is -2.24. The first-order valence-corrected chi connectivity index (χ1v) is 6.63. The maximum absolute atomic E-state index is 5.42. The second-order valence-electron chi connectivity index (χ2n) is 4.56. The Bertz CT molecular complexity index is 231. The van der Waals surface area contributed by atoms with E-state index in [0.717, 1.165) is 12.5 Å². The summed E-state index contributed by atoms with van der Waals surface area (Å²) >= 11 is 0. The van der Waals surface area contributed by atoms with Crippen molar-refractivity contribution in [1.29, 1.82) is 0 Å². The summed E-state index contributed by atoms with van der Waals surface area (Å²) in [5.41, 5.74) is 6.96. The lowest BCUT2D eigenvalue weighted by Gasteiger charge is -2.16. The van der Waals surface area contributed by atoms with Gasteiger partial charge in [-0.25, -0.2) is 0 Å². The highest BCUT2D eigenvalue weighted by molar-refractivity contribution is 5.21. The van der Waals surface area contributed by atoms with E-state index in [1.807, 2.05) is 0 Å². The molecular formula is C14H26N2. The highest BCUT2D eigenvalue weighted by Gasteiger charge is 2.07. The van der Waals surface area contributed by atoms with Gasteiger partial charge in [0.15, 0.2) is 0 Å². The van der Waals surface area contributed by atoms with Crippen LogP contribution in [0, 0.1) is 5.92 Å². The van der Waals surface area contributed by atoms with Gasteiger partial charge in [0.2, 0.25) is 0 Å². The van der Waals surface area contributed by atoms with Gasteiger partial charge < -0.3 is 11.1 Å². The van der Waals surface area contributed by atoms with Crippen molar-refractivity contribution in [2.75, 3.05) is 13.2 Å². The fourth-order valence-corrected chi connectivity index (χ4v) is 2.18. The monoisotopic (exact) mass is 222 g/mol. The summed E-state index contributed by atoms with van der Waals surface area (Å²) < 4.78 is 0. The zero-order valence-electron chi connectivity index (χ0n) is 10.5. The highest BCUT2D eigenvalue weighted by Crippen LogP contribution is 2.21. The van der Waals surface area contributed by atoms with Crippen molar-refractivity contribution in [1.82, 2.24) is 5.32 Å². The van der Waals surface area contributed by atoms with E-state index in [-0.39, 0.29) is 0 Å². The Morgan fingerprint density at radius 2 is 2.25 bits per heavy atom. The molecule has 0 amide bonds. The summed E-state index contributed by atoms with van der Waals surface area (Å²) in [6, 6.07) is 0. The predicted molar refractivity (Wildman–Crippen MR) is 71.1 cm³/mol. The Morgan fingerprint density at radius 1 is 1.38 bits per heavy atom. The topological polar surface area (TPSA) is 38.0 Å². The normalized spacial score (nSPS) is 17.2. The molecule has 1 unspecified atom stereocenters. The van der Waals surface area contributed by atoms with Gasteiger partial charge in [0.1, 0.15) is 0 Å². The lowest BCUT2D eigenvalue weighted by molar-refractivity contribution is 0.425. The standard InChI is InChI=1S/C14H26N2/c1-2-13(10-11-16-12-15)8-9-14-6-4-3-5-7-14/h4,6-7,13,16H,2-3,5,8-12,15H2,1H3. The van der Waals surface area contributed by atoms with Crippen LogP contribution in [0.3, 0.4) is 0 Å². The van der Waals surface area contributed by atoms with Gasteiger partial charge in [-0.3, -0.25) is 0 Å². The summed E-state index contributed by atoms with van der Waals surface area (Å²) in [4.78, 5) is 0. The maximum Gasteiger partial charge on any atom is 0.0428 e. The molecule has 16 heavy (non-hydrogen) atoms. The first-order chi connectivity index (χ1) is 7.86. The summed E-state index contributed by atoms with van der Waals surface area (Å²) in [5.74, 6) is 0.843. The van der Waals surface area contributed by atoms with Gasteiger partial charge in [0.05, 0.1) is 0 Å². The van der Waals surface area contributed by atoms with Gasteiger partial charge in [-0.15, -0.1) is 0 Å². The summed E-state index contributed by atoms with van der Waals surface area (Å²) in [6.45, 7) is 3.95. The van der Waals surface area contributed by atoms with E-state index in [0.29, 0.717) is 6.67 Å². The van der Waals surface area contributed by atoms with Crippen molar-refractivity contribution < 1.29 is 0 Å². The van der Waals surface area contributed by atoms with Crippen LogP contribution in [0.2, 0.25) is 0 Å². The van der Waals surface area contributed by atoms with Crippen LogP contribution in [0.1, 0.15) is 45.4 Å². The largest absolute Gasteiger partial charge is 0.318 e. The fourth-order valence-electron chi connectivity index (χ4n) is 2.18. The quantitative estimate of drug-likeness (QED) is 0.489. The first-order valence-electron chi connectivity index (χ1n) is 6.63. The third-order valence-electron chi connectivity index (χ3n) is 3.36. The van der Waals surface area contributed by atoms with Crippen LogP contribution in [0.15, 0.2) is 23.8 Å². The molecule has 0 aliphatic heterocycles. The van der Waals surface area contributed by atoms with E-state index in [1.54, 1.807) is 0 Å². The number of nitrogens with one attached hydrogen (secondary N) is 1.